The molecule has 1 saturated carbocycles. The normalized spacial score (nSPS) is 20.9. The van der Waals surface area contributed by atoms with Crippen molar-refractivity contribution in [3.8, 4) is 0 Å². The highest BCUT2D eigenvalue weighted by Crippen LogP contribution is 2.36. The number of nitrogens with one attached hydrogen (secondary N) is 1. The van der Waals surface area contributed by atoms with E-state index in [0.29, 0.717) is 0 Å². The van der Waals surface area contributed by atoms with Crippen molar-refractivity contribution in [3.63, 3.8) is 0 Å². The van der Waals surface area contributed by atoms with Gasteiger partial charge < -0.3 is 19.5 Å². The van der Waals surface area contributed by atoms with Gasteiger partial charge in [0.2, 0.25) is 5.91 Å². The van der Waals surface area contributed by atoms with Crippen molar-refractivity contribution < 1.29 is 23.8 Å². The third-order valence-electron chi connectivity index (χ3n) is 3.31. The Labute approximate surface area is 120 Å². The molecule has 1 rings (SSSR count). The Morgan fingerprint density at radius 1 is 1.20 bits per heavy atom. The molecule has 0 radical (unpaired) electrons. The third-order valence-corrected chi connectivity index (χ3v) is 3.31. The molecule has 1 fully saturated rings. The fourth-order valence-electron chi connectivity index (χ4n) is 2.15. The summed E-state index contributed by atoms with van der Waals surface area (Å²) in [6.07, 6.45) is 1.73. The molecule has 6 heteroatoms. The number of methoxy groups -OCH3 is 2. The van der Waals surface area contributed by atoms with Crippen molar-refractivity contribution in [2.24, 2.45) is 0 Å². The van der Waals surface area contributed by atoms with E-state index < -0.39 is 11.4 Å². The molecule has 1 amide bonds. The topological polar surface area (TPSA) is 73.9 Å². The van der Waals surface area contributed by atoms with Crippen LogP contribution in [-0.2, 0) is 23.8 Å². The summed E-state index contributed by atoms with van der Waals surface area (Å²) in [7, 11) is 3.12. The Hall–Kier alpha value is -1.14. The highest BCUT2D eigenvalue weighted by molar-refractivity contribution is 5.81. The first-order valence-corrected chi connectivity index (χ1v) is 6.84. The molecule has 1 aliphatic rings. The average Bonchev–Trinajstić information content (AvgIpc) is 2.32. The molecule has 1 atom stereocenters. The van der Waals surface area contributed by atoms with Crippen LogP contribution in [-0.4, -0.2) is 43.5 Å². The summed E-state index contributed by atoms with van der Waals surface area (Å²) in [5, 5.41) is 2.83. The number of carbonyl (C=O) groups excluding carboxylic acids is 2. The minimum absolute atomic E-state index is 0.0722. The van der Waals surface area contributed by atoms with Crippen molar-refractivity contribution in [3.05, 3.63) is 0 Å². The third kappa shape index (κ3) is 4.45. The van der Waals surface area contributed by atoms with Crippen LogP contribution in [0.1, 0.15) is 46.5 Å². The summed E-state index contributed by atoms with van der Waals surface area (Å²) in [4.78, 5) is 23.3. The van der Waals surface area contributed by atoms with Gasteiger partial charge in [-0.1, -0.05) is 0 Å². The van der Waals surface area contributed by atoms with E-state index in [9.17, 15) is 9.59 Å². The average molecular weight is 287 g/mol. The van der Waals surface area contributed by atoms with Crippen LogP contribution in [0.3, 0.4) is 0 Å². The molecule has 0 saturated heterocycles. The van der Waals surface area contributed by atoms with Crippen LogP contribution in [0.5, 0.6) is 0 Å². The number of hydrogen-bond donors (Lipinski definition) is 1. The molecular formula is C14H25NO5. The van der Waals surface area contributed by atoms with E-state index in [4.69, 9.17) is 14.2 Å². The Kier molecular flexibility index (Phi) is 5.53. The van der Waals surface area contributed by atoms with Crippen molar-refractivity contribution in [1.82, 2.24) is 5.32 Å². The van der Waals surface area contributed by atoms with Crippen LogP contribution in [0, 0.1) is 0 Å². The van der Waals surface area contributed by atoms with E-state index in [-0.39, 0.29) is 30.8 Å². The van der Waals surface area contributed by atoms with Gasteiger partial charge in [0.15, 0.2) is 5.79 Å². The number of ether oxygens (including phenoxy) is 3. The predicted octanol–water partition coefficient (Wildman–Crippen LogP) is 1.38. The van der Waals surface area contributed by atoms with Gasteiger partial charge in [0.25, 0.3) is 0 Å². The maximum Gasteiger partial charge on any atom is 0.306 e. The molecule has 1 aliphatic carbocycles. The van der Waals surface area contributed by atoms with Gasteiger partial charge in [0, 0.05) is 27.1 Å². The molecule has 116 valence electrons. The number of carbonyl (C=O) groups is 2. The second-order valence-corrected chi connectivity index (χ2v) is 5.97. The summed E-state index contributed by atoms with van der Waals surface area (Å²) in [5.41, 5.74) is -0.525. The largest absolute Gasteiger partial charge is 0.460 e. The van der Waals surface area contributed by atoms with E-state index in [2.05, 4.69) is 5.32 Å². The number of esters is 1. The Balaban J connectivity index is 2.33. The summed E-state index contributed by atoms with van der Waals surface area (Å²) in [6.45, 7) is 5.39. The van der Waals surface area contributed by atoms with Crippen molar-refractivity contribution >= 4 is 11.9 Å². The Morgan fingerprint density at radius 2 is 1.80 bits per heavy atom. The van der Waals surface area contributed by atoms with Crippen LogP contribution in [0.25, 0.3) is 0 Å². The summed E-state index contributed by atoms with van der Waals surface area (Å²) in [5.74, 6) is -1.29. The molecule has 6 nitrogen and oxygen atoms in total. The van der Waals surface area contributed by atoms with Crippen LogP contribution in [0.15, 0.2) is 0 Å². The maximum absolute atomic E-state index is 11.8. The number of amides is 1. The highest BCUT2D eigenvalue weighted by atomic mass is 16.7. The summed E-state index contributed by atoms with van der Waals surface area (Å²) < 4.78 is 15.7. The smallest absolute Gasteiger partial charge is 0.306 e. The van der Waals surface area contributed by atoms with Crippen molar-refractivity contribution in [2.75, 3.05) is 14.2 Å². The fraction of sp³-hybridized carbons (Fsp3) is 0.857. The SMILES string of the molecule is COC1(OC)CCC1NC(=O)CCC(=O)OC(C)(C)C. The highest BCUT2D eigenvalue weighted by Gasteiger charge is 2.48. The maximum atomic E-state index is 11.8. The van der Waals surface area contributed by atoms with E-state index in [1.54, 1.807) is 35.0 Å². The molecule has 0 aromatic rings. The lowest BCUT2D eigenvalue weighted by Gasteiger charge is -2.46. The molecule has 20 heavy (non-hydrogen) atoms. The van der Waals surface area contributed by atoms with Crippen LogP contribution in [0.4, 0.5) is 0 Å². The van der Waals surface area contributed by atoms with E-state index in [0.717, 1.165) is 12.8 Å². The van der Waals surface area contributed by atoms with E-state index in [1.165, 1.54) is 0 Å². The molecule has 0 heterocycles. The molecule has 1 unspecified atom stereocenters. The van der Waals surface area contributed by atoms with Crippen molar-refractivity contribution in [1.29, 1.82) is 0 Å². The number of rotatable bonds is 6. The van der Waals surface area contributed by atoms with Gasteiger partial charge in [0.1, 0.15) is 5.60 Å². The fourth-order valence-corrected chi connectivity index (χ4v) is 2.15. The summed E-state index contributed by atoms with van der Waals surface area (Å²) in [6, 6.07) is -0.163. The lowest BCUT2D eigenvalue weighted by Crippen LogP contribution is -2.62. The Bertz CT molecular complexity index is 352. The zero-order valence-corrected chi connectivity index (χ0v) is 12.9. The minimum Gasteiger partial charge on any atom is -0.460 e. The first-order chi connectivity index (χ1) is 9.22. The zero-order valence-electron chi connectivity index (χ0n) is 12.9. The van der Waals surface area contributed by atoms with E-state index >= 15 is 0 Å². The van der Waals surface area contributed by atoms with Gasteiger partial charge >= 0.3 is 5.97 Å². The van der Waals surface area contributed by atoms with Crippen LogP contribution >= 0.6 is 0 Å². The molecule has 0 aliphatic heterocycles. The first-order valence-electron chi connectivity index (χ1n) is 6.84. The van der Waals surface area contributed by atoms with Gasteiger partial charge in [-0.3, -0.25) is 9.59 Å². The van der Waals surface area contributed by atoms with Crippen molar-refractivity contribution in [2.45, 2.75) is 63.9 Å². The van der Waals surface area contributed by atoms with Gasteiger partial charge in [0.05, 0.1) is 12.5 Å². The molecule has 0 spiro atoms. The Morgan fingerprint density at radius 3 is 2.20 bits per heavy atom. The second-order valence-electron chi connectivity index (χ2n) is 5.97. The molecular weight excluding hydrogens is 262 g/mol. The van der Waals surface area contributed by atoms with Gasteiger partial charge in [-0.25, -0.2) is 0 Å². The minimum atomic E-state index is -0.721. The number of hydrogen-bond acceptors (Lipinski definition) is 5. The molecule has 1 N–H and O–H groups in total. The lowest BCUT2D eigenvalue weighted by atomic mass is 9.84. The van der Waals surface area contributed by atoms with E-state index in [1.807, 2.05) is 0 Å². The van der Waals surface area contributed by atoms with Crippen LogP contribution in [0.2, 0.25) is 0 Å². The zero-order chi connectivity index (χ0) is 15.4. The van der Waals surface area contributed by atoms with Gasteiger partial charge in [-0.2, -0.15) is 0 Å². The molecule has 0 bridgehead atoms. The van der Waals surface area contributed by atoms with Crippen LogP contribution < -0.4 is 5.32 Å². The van der Waals surface area contributed by atoms with Gasteiger partial charge in [-0.15, -0.1) is 0 Å². The molecule has 0 aromatic carbocycles. The predicted molar refractivity (Wildman–Crippen MR) is 73.0 cm³/mol. The second kappa shape index (κ2) is 6.54. The quantitative estimate of drug-likeness (QED) is 0.590. The molecule has 0 aromatic heterocycles. The van der Waals surface area contributed by atoms with Gasteiger partial charge in [-0.05, 0) is 27.2 Å². The first kappa shape index (κ1) is 16.9. The lowest BCUT2D eigenvalue weighted by molar-refractivity contribution is -0.267. The summed E-state index contributed by atoms with van der Waals surface area (Å²) >= 11 is 0. The monoisotopic (exact) mass is 287 g/mol. The standard InChI is InChI=1S/C14H25NO5/c1-13(2,3)20-12(17)7-6-11(16)15-10-8-9-14(10,18-4)19-5/h10H,6-9H2,1-5H3,(H,15,16).